The summed E-state index contributed by atoms with van der Waals surface area (Å²) < 4.78 is 38.3. The molecule has 17 heavy (non-hydrogen) atoms. The number of sulfonamides is 1. The number of nitrogen functional groups attached to an aromatic ring is 1. The molecule has 0 saturated carbocycles. The van der Waals surface area contributed by atoms with Crippen molar-refractivity contribution < 1.29 is 17.6 Å². The maximum Gasteiger partial charge on any atom is 0.241 e. The second-order valence-electron chi connectivity index (χ2n) is 3.22. The number of carbonyl (C=O) groups excluding carboxylic acids is 1. The van der Waals surface area contributed by atoms with Gasteiger partial charge in [0.1, 0.15) is 5.82 Å². The Morgan fingerprint density at radius 1 is 1.41 bits per heavy atom. The van der Waals surface area contributed by atoms with Crippen molar-refractivity contribution in [2.45, 2.75) is 4.90 Å². The standard InChI is InChI=1S/C9H12FN3O3S/c1-12-9(14)5-13-17(15,16)8-3-6(10)2-7(11)4-8/h2-4,13H,5,11H2,1H3,(H,12,14). The van der Waals surface area contributed by atoms with Crippen molar-refractivity contribution in [1.82, 2.24) is 10.0 Å². The average Bonchev–Trinajstić information content (AvgIpc) is 2.24. The van der Waals surface area contributed by atoms with Crippen LogP contribution in [0, 0.1) is 5.82 Å². The van der Waals surface area contributed by atoms with E-state index >= 15 is 0 Å². The molecule has 1 aromatic carbocycles. The quantitative estimate of drug-likeness (QED) is 0.632. The van der Waals surface area contributed by atoms with Gasteiger partial charge in [0.05, 0.1) is 11.4 Å². The van der Waals surface area contributed by atoms with Gasteiger partial charge in [0.25, 0.3) is 0 Å². The van der Waals surface area contributed by atoms with Gasteiger partial charge in [0.2, 0.25) is 15.9 Å². The maximum absolute atomic E-state index is 13.0. The van der Waals surface area contributed by atoms with E-state index in [1.807, 2.05) is 4.72 Å². The molecular weight excluding hydrogens is 249 g/mol. The monoisotopic (exact) mass is 261 g/mol. The predicted octanol–water partition coefficient (Wildman–Crippen LogP) is -0.568. The molecule has 94 valence electrons. The van der Waals surface area contributed by atoms with Gasteiger partial charge in [-0.3, -0.25) is 4.79 Å². The van der Waals surface area contributed by atoms with Gasteiger partial charge in [-0.15, -0.1) is 0 Å². The molecule has 1 amide bonds. The van der Waals surface area contributed by atoms with Crippen molar-refractivity contribution in [3.63, 3.8) is 0 Å². The zero-order chi connectivity index (χ0) is 13.1. The van der Waals surface area contributed by atoms with Crippen molar-refractivity contribution in [1.29, 1.82) is 0 Å². The Morgan fingerprint density at radius 3 is 2.59 bits per heavy atom. The third-order valence-electron chi connectivity index (χ3n) is 1.91. The van der Waals surface area contributed by atoms with E-state index in [1.54, 1.807) is 0 Å². The molecule has 8 heteroatoms. The number of rotatable bonds is 4. The zero-order valence-electron chi connectivity index (χ0n) is 9.03. The Balaban J connectivity index is 2.93. The highest BCUT2D eigenvalue weighted by atomic mass is 32.2. The second kappa shape index (κ2) is 5.11. The normalized spacial score (nSPS) is 11.2. The number of likely N-dealkylation sites (N-methyl/N-ethyl adjacent to an activating group) is 1. The minimum Gasteiger partial charge on any atom is -0.399 e. The summed E-state index contributed by atoms with van der Waals surface area (Å²) >= 11 is 0. The molecule has 0 atom stereocenters. The summed E-state index contributed by atoms with van der Waals surface area (Å²) in [5.41, 5.74) is 5.32. The van der Waals surface area contributed by atoms with Gasteiger partial charge >= 0.3 is 0 Å². The minimum absolute atomic E-state index is 0.00896. The molecule has 1 aromatic rings. The highest BCUT2D eigenvalue weighted by Gasteiger charge is 2.16. The van der Waals surface area contributed by atoms with Crippen LogP contribution in [0.4, 0.5) is 10.1 Å². The summed E-state index contributed by atoms with van der Waals surface area (Å²) in [6.07, 6.45) is 0. The summed E-state index contributed by atoms with van der Waals surface area (Å²) in [4.78, 5) is 10.6. The fraction of sp³-hybridized carbons (Fsp3) is 0.222. The van der Waals surface area contributed by atoms with Gasteiger partial charge in [-0.2, -0.15) is 0 Å². The van der Waals surface area contributed by atoms with Crippen LogP contribution in [-0.4, -0.2) is 27.9 Å². The van der Waals surface area contributed by atoms with E-state index in [0.29, 0.717) is 0 Å². The zero-order valence-corrected chi connectivity index (χ0v) is 9.84. The Bertz CT molecular complexity index is 510. The second-order valence-corrected chi connectivity index (χ2v) is 4.98. The molecule has 1 rings (SSSR count). The summed E-state index contributed by atoms with van der Waals surface area (Å²) in [6, 6.07) is 2.93. The molecule has 0 saturated heterocycles. The Labute approximate surface area is 98.1 Å². The van der Waals surface area contributed by atoms with Crippen molar-refractivity contribution >= 4 is 21.6 Å². The first-order valence-electron chi connectivity index (χ1n) is 4.61. The van der Waals surface area contributed by atoms with Gasteiger partial charge in [-0.1, -0.05) is 0 Å². The van der Waals surface area contributed by atoms with E-state index in [-0.39, 0.29) is 10.6 Å². The molecule has 0 bridgehead atoms. The van der Waals surface area contributed by atoms with E-state index in [0.717, 1.165) is 18.2 Å². The number of hydrogen-bond acceptors (Lipinski definition) is 4. The Hall–Kier alpha value is -1.67. The molecule has 0 aliphatic carbocycles. The van der Waals surface area contributed by atoms with Gasteiger partial charge in [-0.05, 0) is 18.2 Å². The highest BCUT2D eigenvalue weighted by Crippen LogP contribution is 2.15. The third kappa shape index (κ3) is 3.68. The lowest BCUT2D eigenvalue weighted by Crippen LogP contribution is -2.35. The minimum atomic E-state index is -3.94. The van der Waals surface area contributed by atoms with E-state index in [1.165, 1.54) is 7.05 Å². The Kier molecular flexibility index (Phi) is 4.02. The van der Waals surface area contributed by atoms with Crippen molar-refractivity contribution in [2.75, 3.05) is 19.3 Å². The number of hydrogen-bond donors (Lipinski definition) is 3. The lowest BCUT2D eigenvalue weighted by Gasteiger charge is -2.06. The smallest absolute Gasteiger partial charge is 0.241 e. The van der Waals surface area contributed by atoms with E-state index in [4.69, 9.17) is 5.73 Å². The molecule has 0 radical (unpaired) electrons. The lowest BCUT2D eigenvalue weighted by atomic mass is 10.3. The van der Waals surface area contributed by atoms with Crippen LogP contribution in [0.5, 0.6) is 0 Å². The first-order valence-corrected chi connectivity index (χ1v) is 6.10. The first kappa shape index (κ1) is 13.4. The number of amides is 1. The van der Waals surface area contributed by atoms with Gasteiger partial charge in [-0.25, -0.2) is 17.5 Å². The molecule has 0 aliphatic rings. The van der Waals surface area contributed by atoms with E-state index in [9.17, 15) is 17.6 Å². The van der Waals surface area contributed by atoms with Crippen LogP contribution in [0.2, 0.25) is 0 Å². The fourth-order valence-electron chi connectivity index (χ4n) is 1.07. The summed E-state index contributed by atoms with van der Waals surface area (Å²) in [6.45, 7) is -0.421. The molecule has 6 nitrogen and oxygen atoms in total. The average molecular weight is 261 g/mol. The molecule has 0 aromatic heterocycles. The molecule has 0 unspecified atom stereocenters. The van der Waals surface area contributed by atoms with Crippen molar-refractivity contribution in [3.05, 3.63) is 24.0 Å². The molecule has 0 spiro atoms. The fourth-order valence-corrected chi connectivity index (χ4v) is 2.12. The molecule has 0 fully saturated rings. The first-order chi connectivity index (χ1) is 7.85. The van der Waals surface area contributed by atoms with Crippen LogP contribution in [0.15, 0.2) is 23.1 Å². The summed E-state index contributed by atoms with van der Waals surface area (Å²) in [5, 5.41) is 2.25. The number of nitrogens with one attached hydrogen (secondary N) is 2. The predicted molar refractivity (Wildman–Crippen MR) is 60.1 cm³/mol. The number of anilines is 1. The number of nitrogens with two attached hydrogens (primary N) is 1. The number of halogens is 1. The Morgan fingerprint density at radius 2 is 2.06 bits per heavy atom. The van der Waals surface area contributed by atoms with Crippen molar-refractivity contribution in [2.24, 2.45) is 0 Å². The highest BCUT2D eigenvalue weighted by molar-refractivity contribution is 7.89. The molecule has 0 aliphatic heterocycles. The van der Waals surface area contributed by atoms with Crippen molar-refractivity contribution in [3.8, 4) is 0 Å². The van der Waals surface area contributed by atoms with Crippen LogP contribution in [0.3, 0.4) is 0 Å². The van der Waals surface area contributed by atoms with E-state index in [2.05, 4.69) is 5.32 Å². The van der Waals surface area contributed by atoms with Gasteiger partial charge in [0.15, 0.2) is 0 Å². The number of benzene rings is 1. The SMILES string of the molecule is CNC(=O)CNS(=O)(=O)c1cc(N)cc(F)c1. The van der Waals surface area contributed by atoms with Gasteiger partial charge < -0.3 is 11.1 Å². The lowest BCUT2D eigenvalue weighted by molar-refractivity contribution is -0.119. The number of carbonyl (C=O) groups is 1. The third-order valence-corrected chi connectivity index (χ3v) is 3.29. The van der Waals surface area contributed by atoms with Crippen LogP contribution in [-0.2, 0) is 14.8 Å². The van der Waals surface area contributed by atoms with Crippen LogP contribution < -0.4 is 15.8 Å². The molecular formula is C9H12FN3O3S. The summed E-state index contributed by atoms with van der Waals surface area (Å²) in [7, 11) is -2.57. The largest absolute Gasteiger partial charge is 0.399 e. The summed E-state index contributed by atoms with van der Waals surface area (Å²) in [5.74, 6) is -1.26. The van der Waals surface area contributed by atoms with Crippen LogP contribution in [0.1, 0.15) is 0 Å². The van der Waals surface area contributed by atoms with Gasteiger partial charge in [0, 0.05) is 12.7 Å². The van der Waals surface area contributed by atoms with Crippen LogP contribution in [0.25, 0.3) is 0 Å². The topological polar surface area (TPSA) is 101 Å². The van der Waals surface area contributed by atoms with Crippen LogP contribution >= 0.6 is 0 Å². The van der Waals surface area contributed by atoms with E-state index < -0.39 is 28.3 Å². The molecule has 0 heterocycles. The maximum atomic E-state index is 13.0. The molecule has 4 N–H and O–H groups in total.